The number of carbonyl (C=O) groups excluding carboxylic acids is 4. The molecule has 39 heavy (non-hydrogen) atoms. The Morgan fingerprint density at radius 2 is 1.79 bits per heavy atom. The van der Waals surface area contributed by atoms with Gasteiger partial charge in [-0.25, -0.2) is 9.59 Å². The first-order chi connectivity index (χ1) is 18.3. The molecule has 220 valence electrons. The van der Waals surface area contributed by atoms with Crippen LogP contribution in [0.2, 0.25) is 0 Å². The number of allylic oxidation sites excluding steroid dienone is 1. The molecule has 0 bridgehead atoms. The van der Waals surface area contributed by atoms with Crippen LogP contribution in [0.25, 0.3) is 0 Å². The zero-order valence-corrected chi connectivity index (χ0v) is 24.2. The van der Waals surface area contributed by atoms with Gasteiger partial charge in [0.05, 0.1) is 12.7 Å². The lowest BCUT2D eigenvalue weighted by molar-refractivity contribution is -0.153. The minimum Gasteiger partial charge on any atom is -0.464 e. The van der Waals surface area contributed by atoms with Gasteiger partial charge >= 0.3 is 12.1 Å². The van der Waals surface area contributed by atoms with Gasteiger partial charge in [-0.1, -0.05) is 38.0 Å². The number of aliphatic hydroxyl groups is 1. The average molecular weight is 550 g/mol. The number of hydrogen-bond acceptors (Lipinski definition) is 7. The molecule has 3 N–H and O–H groups in total. The van der Waals surface area contributed by atoms with Crippen LogP contribution in [-0.2, 0) is 23.9 Å². The normalized spacial score (nSPS) is 20.1. The third-order valence-corrected chi connectivity index (χ3v) is 6.59. The Balaban J connectivity index is 3.22. The van der Waals surface area contributed by atoms with Crippen molar-refractivity contribution in [3.8, 4) is 0 Å². The molecule has 1 saturated heterocycles. The van der Waals surface area contributed by atoms with Crippen molar-refractivity contribution in [1.29, 1.82) is 0 Å². The molecule has 0 aromatic rings. The van der Waals surface area contributed by atoms with Crippen molar-refractivity contribution in [1.82, 2.24) is 15.5 Å². The van der Waals surface area contributed by atoms with Crippen LogP contribution in [0.15, 0.2) is 38.0 Å². The Labute approximate surface area is 232 Å². The van der Waals surface area contributed by atoms with Gasteiger partial charge in [0.25, 0.3) is 0 Å². The molecule has 1 rings (SSSR count). The van der Waals surface area contributed by atoms with Gasteiger partial charge in [-0.15, -0.1) is 19.7 Å². The third-order valence-electron chi connectivity index (χ3n) is 6.59. The molecule has 0 aliphatic carbocycles. The first-order valence-electron chi connectivity index (χ1n) is 13.6. The molecule has 5 atom stereocenters. The standard InChI is InChI=1S/C29H47N3O7/c1-9-13-14-15-16-17-22(30-27(37)39-28(6,7)8)25(35)32-19-21(33)18-23(32)24(34)31-29(11-3,20(5)10-2)26(36)38-12-4/h9-11,20-23,33H,1-3,12-19H2,4-8H3,(H,30,37)(H,31,34)/t20?,21?,22-,23-,29?/m0/s1. The van der Waals surface area contributed by atoms with Crippen LogP contribution < -0.4 is 10.6 Å². The van der Waals surface area contributed by atoms with E-state index in [4.69, 9.17) is 9.47 Å². The van der Waals surface area contributed by atoms with Gasteiger partial charge in [0.2, 0.25) is 11.8 Å². The van der Waals surface area contributed by atoms with Crippen molar-refractivity contribution >= 4 is 23.9 Å². The van der Waals surface area contributed by atoms with E-state index in [1.165, 1.54) is 17.1 Å². The van der Waals surface area contributed by atoms with Gasteiger partial charge in [-0.05, 0) is 47.0 Å². The number of nitrogens with zero attached hydrogens (tertiary/aromatic N) is 1. The number of ether oxygens (including phenoxy) is 2. The van der Waals surface area contributed by atoms with E-state index < -0.39 is 59.1 Å². The highest BCUT2D eigenvalue weighted by atomic mass is 16.6. The Morgan fingerprint density at radius 3 is 2.33 bits per heavy atom. The second-order valence-corrected chi connectivity index (χ2v) is 10.8. The largest absolute Gasteiger partial charge is 0.464 e. The average Bonchev–Trinajstić information content (AvgIpc) is 3.26. The number of rotatable bonds is 15. The number of likely N-dealkylation sites (tertiary alicyclic amines) is 1. The fourth-order valence-corrected chi connectivity index (χ4v) is 4.42. The van der Waals surface area contributed by atoms with Crippen LogP contribution in [0.4, 0.5) is 4.79 Å². The minimum atomic E-state index is -1.61. The number of amides is 3. The lowest BCUT2D eigenvalue weighted by Crippen LogP contribution is -2.62. The molecule has 1 aliphatic rings. The smallest absolute Gasteiger partial charge is 0.408 e. The molecular weight excluding hydrogens is 502 g/mol. The van der Waals surface area contributed by atoms with E-state index in [1.54, 1.807) is 34.6 Å². The summed E-state index contributed by atoms with van der Waals surface area (Å²) < 4.78 is 10.6. The molecule has 1 heterocycles. The highest BCUT2D eigenvalue weighted by molar-refractivity contribution is 5.96. The van der Waals surface area contributed by atoms with E-state index in [2.05, 4.69) is 30.4 Å². The molecule has 0 saturated carbocycles. The molecular formula is C29H47N3O7. The first-order valence-corrected chi connectivity index (χ1v) is 13.6. The van der Waals surface area contributed by atoms with E-state index >= 15 is 0 Å². The number of β-amino-alcohol motifs (C(OH)–C–C–N with tert-alkyl or cyclic N) is 1. The third kappa shape index (κ3) is 9.84. The second-order valence-electron chi connectivity index (χ2n) is 10.8. The van der Waals surface area contributed by atoms with Gasteiger partial charge in [0, 0.05) is 18.9 Å². The first kappa shape index (κ1) is 33.9. The number of aliphatic hydroxyl groups excluding tert-OH is 1. The molecule has 0 radical (unpaired) electrons. The minimum absolute atomic E-state index is 0.0332. The lowest BCUT2D eigenvalue weighted by Gasteiger charge is -2.36. The molecule has 3 amide bonds. The maximum absolute atomic E-state index is 13.7. The summed E-state index contributed by atoms with van der Waals surface area (Å²) in [7, 11) is 0. The summed E-state index contributed by atoms with van der Waals surface area (Å²) in [5.41, 5.74) is -2.38. The highest BCUT2D eigenvalue weighted by Gasteiger charge is 2.47. The quantitative estimate of drug-likeness (QED) is 0.162. The number of hydrogen-bond donors (Lipinski definition) is 3. The van der Waals surface area contributed by atoms with Crippen molar-refractivity contribution in [2.45, 2.75) is 102 Å². The lowest BCUT2D eigenvalue weighted by atomic mass is 9.84. The number of unbranched alkanes of at least 4 members (excludes halogenated alkanes) is 3. The summed E-state index contributed by atoms with van der Waals surface area (Å²) in [5, 5.41) is 15.8. The van der Waals surface area contributed by atoms with Crippen LogP contribution in [-0.4, -0.2) is 76.4 Å². The Morgan fingerprint density at radius 1 is 1.13 bits per heavy atom. The Hall–Kier alpha value is -3.14. The molecule has 1 aliphatic heterocycles. The molecule has 10 heteroatoms. The van der Waals surface area contributed by atoms with Gasteiger partial charge in [-0.3, -0.25) is 9.59 Å². The maximum atomic E-state index is 13.7. The molecule has 10 nitrogen and oxygen atoms in total. The van der Waals surface area contributed by atoms with E-state index in [9.17, 15) is 24.3 Å². The summed E-state index contributed by atoms with van der Waals surface area (Å²) >= 11 is 0. The summed E-state index contributed by atoms with van der Waals surface area (Å²) in [6.45, 7) is 19.7. The van der Waals surface area contributed by atoms with Crippen molar-refractivity contribution < 1.29 is 33.8 Å². The van der Waals surface area contributed by atoms with E-state index in [-0.39, 0.29) is 19.6 Å². The molecule has 3 unspecified atom stereocenters. The van der Waals surface area contributed by atoms with E-state index in [0.29, 0.717) is 12.8 Å². The van der Waals surface area contributed by atoms with Crippen molar-refractivity contribution in [3.05, 3.63) is 38.0 Å². The highest BCUT2D eigenvalue weighted by Crippen LogP contribution is 2.26. The number of alkyl carbamates (subject to hydrolysis) is 1. The summed E-state index contributed by atoms with van der Waals surface area (Å²) in [4.78, 5) is 54.0. The van der Waals surface area contributed by atoms with Crippen molar-refractivity contribution in [2.24, 2.45) is 5.92 Å². The topological polar surface area (TPSA) is 134 Å². The van der Waals surface area contributed by atoms with Crippen LogP contribution in [0.3, 0.4) is 0 Å². The van der Waals surface area contributed by atoms with Crippen LogP contribution in [0.5, 0.6) is 0 Å². The summed E-state index contributed by atoms with van der Waals surface area (Å²) in [5.74, 6) is -2.45. The zero-order chi connectivity index (χ0) is 29.8. The predicted molar refractivity (Wildman–Crippen MR) is 150 cm³/mol. The van der Waals surface area contributed by atoms with Crippen LogP contribution in [0, 0.1) is 5.92 Å². The number of nitrogens with one attached hydrogen (secondary N) is 2. The van der Waals surface area contributed by atoms with Gasteiger partial charge in [0.15, 0.2) is 5.54 Å². The SMILES string of the molecule is C=CCCCCC[C@H](NC(=O)OC(C)(C)C)C(=O)N1CC(O)C[C@H]1C(=O)NC(C=C)(C(=O)OCC)C(C)C=C. The van der Waals surface area contributed by atoms with E-state index in [1.807, 2.05) is 6.08 Å². The fraction of sp³-hybridized carbons (Fsp3) is 0.655. The molecule has 0 spiro atoms. The maximum Gasteiger partial charge on any atom is 0.408 e. The number of carbonyl (C=O) groups is 4. The molecule has 0 aromatic heterocycles. The number of esters is 1. The summed E-state index contributed by atoms with van der Waals surface area (Å²) in [6, 6.07) is -2.05. The van der Waals surface area contributed by atoms with Crippen LogP contribution in [0.1, 0.15) is 73.1 Å². The molecule has 1 fully saturated rings. The molecule has 0 aromatic carbocycles. The van der Waals surface area contributed by atoms with Crippen molar-refractivity contribution in [2.75, 3.05) is 13.2 Å². The van der Waals surface area contributed by atoms with Crippen LogP contribution >= 0.6 is 0 Å². The Kier molecular flexibility index (Phi) is 13.4. The predicted octanol–water partition coefficient (Wildman–Crippen LogP) is 3.40. The van der Waals surface area contributed by atoms with E-state index in [0.717, 1.165) is 19.3 Å². The van der Waals surface area contributed by atoms with Gasteiger partial charge in [0.1, 0.15) is 17.7 Å². The zero-order valence-electron chi connectivity index (χ0n) is 24.2. The summed E-state index contributed by atoms with van der Waals surface area (Å²) in [6.07, 6.45) is 6.39. The van der Waals surface area contributed by atoms with Gasteiger partial charge < -0.3 is 30.1 Å². The monoisotopic (exact) mass is 549 g/mol. The van der Waals surface area contributed by atoms with Crippen molar-refractivity contribution in [3.63, 3.8) is 0 Å². The fourth-order valence-electron chi connectivity index (χ4n) is 4.42. The van der Waals surface area contributed by atoms with Gasteiger partial charge in [-0.2, -0.15) is 0 Å². The Bertz CT molecular complexity index is 898. The second kappa shape index (κ2) is 15.5.